The number of imidazole rings is 1. The number of fused-ring (bicyclic) bond motifs is 3. The molecule has 0 saturated heterocycles. The number of carbonyl (C=O) groups is 1. The van der Waals surface area contributed by atoms with E-state index in [9.17, 15) is 27.2 Å². The van der Waals surface area contributed by atoms with Gasteiger partial charge in [-0.2, -0.15) is 13.2 Å². The first kappa shape index (κ1) is 25.1. The number of hydrogen-bond donors (Lipinski definition) is 1. The van der Waals surface area contributed by atoms with Crippen molar-refractivity contribution in [3.05, 3.63) is 82.8 Å². The van der Waals surface area contributed by atoms with Gasteiger partial charge in [0.1, 0.15) is 18.2 Å². The Kier molecular flexibility index (Phi) is 6.19. The second-order valence-corrected chi connectivity index (χ2v) is 8.48. The molecule has 38 heavy (non-hydrogen) atoms. The highest BCUT2D eigenvalue weighted by Gasteiger charge is 2.34. The zero-order valence-corrected chi connectivity index (χ0v) is 20.0. The third-order valence-electron chi connectivity index (χ3n) is 6.04. The highest BCUT2D eigenvalue weighted by atomic mass is 19.4. The van der Waals surface area contributed by atoms with Gasteiger partial charge in [0.25, 0.3) is 5.91 Å². The maximum absolute atomic E-state index is 14.0. The monoisotopic (exact) mass is 525 g/mol. The summed E-state index contributed by atoms with van der Waals surface area (Å²) >= 11 is 0. The Bertz CT molecular complexity index is 1760. The van der Waals surface area contributed by atoms with Crippen LogP contribution in [0.1, 0.15) is 5.56 Å². The average molecular weight is 525 g/mol. The van der Waals surface area contributed by atoms with E-state index < -0.39 is 23.2 Å². The van der Waals surface area contributed by atoms with E-state index in [0.29, 0.717) is 51.0 Å². The molecule has 0 bridgehead atoms. The van der Waals surface area contributed by atoms with Crippen molar-refractivity contribution in [1.29, 1.82) is 0 Å². The first-order valence-electron chi connectivity index (χ1n) is 11.2. The molecule has 5 aromatic rings. The fourth-order valence-corrected chi connectivity index (χ4v) is 4.23. The Labute approximate surface area is 212 Å². The number of aryl methyl sites for hydroxylation is 1. The van der Waals surface area contributed by atoms with Crippen LogP contribution in [-0.4, -0.2) is 38.7 Å². The van der Waals surface area contributed by atoms with Gasteiger partial charge in [-0.25, -0.2) is 14.2 Å². The molecule has 2 aromatic carbocycles. The van der Waals surface area contributed by atoms with E-state index in [-0.39, 0.29) is 18.2 Å². The predicted octanol–water partition coefficient (Wildman–Crippen LogP) is 4.68. The molecular formula is C26H19F4N5O3. The third-order valence-corrected chi connectivity index (χ3v) is 6.04. The molecule has 3 aromatic heterocycles. The lowest BCUT2D eigenvalue weighted by Crippen LogP contribution is -2.21. The lowest BCUT2D eigenvalue weighted by molar-refractivity contribution is -0.140. The first-order chi connectivity index (χ1) is 18.1. The molecule has 0 unspecified atom stereocenters. The molecule has 0 atom stereocenters. The summed E-state index contributed by atoms with van der Waals surface area (Å²) in [7, 11) is 2.88. The number of halogens is 4. The number of amides is 1. The molecule has 5 rings (SSSR count). The Hall–Kier alpha value is -4.58. The summed E-state index contributed by atoms with van der Waals surface area (Å²) < 4.78 is 61.4. The normalized spacial score (nSPS) is 11.8. The summed E-state index contributed by atoms with van der Waals surface area (Å²) in [5.41, 5.74) is 0.346. The van der Waals surface area contributed by atoms with E-state index in [1.165, 1.54) is 24.9 Å². The topological polar surface area (TPSA) is 91.0 Å². The van der Waals surface area contributed by atoms with Gasteiger partial charge in [-0.15, -0.1) is 0 Å². The number of benzene rings is 2. The van der Waals surface area contributed by atoms with Crippen LogP contribution in [0.2, 0.25) is 0 Å². The molecule has 12 heteroatoms. The first-order valence-corrected chi connectivity index (χ1v) is 11.2. The summed E-state index contributed by atoms with van der Waals surface area (Å²) in [5, 5.41) is 3.09. The third kappa shape index (κ3) is 4.39. The minimum absolute atomic E-state index is 0.117. The molecule has 0 radical (unpaired) electrons. The van der Waals surface area contributed by atoms with Crippen molar-refractivity contribution in [2.75, 3.05) is 19.0 Å². The molecule has 3 heterocycles. The number of carbonyl (C=O) groups excluding carboxylic acids is 1. The quantitative estimate of drug-likeness (QED) is 0.337. The van der Waals surface area contributed by atoms with Gasteiger partial charge in [0.15, 0.2) is 0 Å². The summed E-state index contributed by atoms with van der Waals surface area (Å²) in [4.78, 5) is 33.5. The van der Waals surface area contributed by atoms with E-state index in [1.807, 2.05) is 0 Å². The molecule has 1 N–H and O–H groups in total. The maximum Gasteiger partial charge on any atom is 0.419 e. The van der Waals surface area contributed by atoms with Crippen molar-refractivity contribution in [2.45, 2.75) is 6.18 Å². The molecule has 0 aliphatic heterocycles. The summed E-state index contributed by atoms with van der Waals surface area (Å²) in [6, 6.07) is 11.0. The smallest absolute Gasteiger partial charge is 0.375 e. The summed E-state index contributed by atoms with van der Waals surface area (Å²) in [6.07, 6.45) is -1.93. The number of pyridine rings is 2. The molecule has 0 aliphatic carbocycles. The van der Waals surface area contributed by atoms with Crippen molar-refractivity contribution in [3.63, 3.8) is 0 Å². The number of nitrogens with zero attached hydrogens (tertiary/aromatic N) is 4. The van der Waals surface area contributed by atoms with Crippen molar-refractivity contribution < 1.29 is 27.1 Å². The van der Waals surface area contributed by atoms with Crippen LogP contribution >= 0.6 is 0 Å². The van der Waals surface area contributed by atoms with Gasteiger partial charge in [-0.1, -0.05) is 6.07 Å². The Morgan fingerprint density at radius 3 is 2.47 bits per heavy atom. The van der Waals surface area contributed by atoms with Crippen LogP contribution in [0.25, 0.3) is 38.8 Å². The summed E-state index contributed by atoms with van der Waals surface area (Å²) in [6.45, 7) is -0.117. The number of ether oxygens (including phenoxy) is 1. The van der Waals surface area contributed by atoms with E-state index >= 15 is 0 Å². The average Bonchev–Trinajstić information content (AvgIpc) is 3.14. The Morgan fingerprint density at radius 1 is 1.03 bits per heavy atom. The van der Waals surface area contributed by atoms with Gasteiger partial charge < -0.3 is 10.1 Å². The lowest BCUT2D eigenvalue weighted by atomic mass is 10.0. The largest absolute Gasteiger partial charge is 0.419 e. The van der Waals surface area contributed by atoms with Crippen molar-refractivity contribution in [2.24, 2.45) is 7.05 Å². The maximum atomic E-state index is 14.0. The van der Waals surface area contributed by atoms with Gasteiger partial charge in [0.2, 0.25) is 0 Å². The molecule has 0 fully saturated rings. The number of methoxy groups -OCH3 is 1. The molecule has 8 nitrogen and oxygen atoms in total. The van der Waals surface area contributed by atoms with Gasteiger partial charge >= 0.3 is 11.9 Å². The van der Waals surface area contributed by atoms with Crippen LogP contribution in [0.5, 0.6) is 0 Å². The van der Waals surface area contributed by atoms with E-state index in [0.717, 1.165) is 10.6 Å². The standard InChI is InChI=1S/C26H19F4N5O3/c1-34-21-12-31-20-7-3-14(15-4-8-22(32-11-15)33-23(36)13-38-2)9-17(20)24(21)35(25(34)37)16-5-6-19(27)18(10-16)26(28,29)30/h3-12H,13H2,1-2H3,(H,32,33,36). The van der Waals surface area contributed by atoms with Crippen LogP contribution in [0.3, 0.4) is 0 Å². The Morgan fingerprint density at radius 2 is 1.79 bits per heavy atom. The van der Waals surface area contributed by atoms with Crippen LogP contribution in [0.15, 0.2) is 65.7 Å². The number of hydrogen-bond acceptors (Lipinski definition) is 5. The van der Waals surface area contributed by atoms with Crippen LogP contribution in [0.4, 0.5) is 23.4 Å². The van der Waals surface area contributed by atoms with Gasteiger partial charge in [-0.3, -0.25) is 18.9 Å². The zero-order chi connectivity index (χ0) is 27.2. The molecular weight excluding hydrogens is 506 g/mol. The number of nitrogens with one attached hydrogen (secondary N) is 1. The second kappa shape index (κ2) is 9.38. The van der Waals surface area contributed by atoms with Crippen molar-refractivity contribution in [3.8, 4) is 16.8 Å². The molecule has 0 aliphatic rings. The highest BCUT2D eigenvalue weighted by Crippen LogP contribution is 2.34. The number of anilines is 1. The predicted molar refractivity (Wildman–Crippen MR) is 133 cm³/mol. The molecule has 1 amide bonds. The van der Waals surface area contributed by atoms with Crippen LogP contribution in [0, 0.1) is 5.82 Å². The van der Waals surface area contributed by atoms with E-state index in [2.05, 4.69) is 15.3 Å². The van der Waals surface area contributed by atoms with E-state index in [1.54, 1.807) is 36.5 Å². The number of alkyl halides is 3. The summed E-state index contributed by atoms with van der Waals surface area (Å²) in [5.74, 6) is -1.46. The van der Waals surface area contributed by atoms with Gasteiger partial charge in [0, 0.05) is 31.3 Å². The van der Waals surface area contributed by atoms with Crippen LogP contribution < -0.4 is 11.0 Å². The molecule has 0 saturated carbocycles. The minimum Gasteiger partial charge on any atom is -0.375 e. The number of rotatable bonds is 5. The second-order valence-electron chi connectivity index (χ2n) is 8.48. The zero-order valence-electron chi connectivity index (χ0n) is 20.0. The SMILES string of the molecule is COCC(=O)Nc1ccc(-c2ccc3ncc4c(c3c2)n(-c2ccc(F)c(C(F)(F)F)c2)c(=O)n4C)cn1. The lowest BCUT2D eigenvalue weighted by Gasteiger charge is -2.12. The van der Waals surface area contributed by atoms with Crippen molar-refractivity contribution >= 4 is 33.7 Å². The van der Waals surface area contributed by atoms with Gasteiger partial charge in [0.05, 0.1) is 34.0 Å². The molecule has 0 spiro atoms. The Balaban J connectivity index is 1.68. The van der Waals surface area contributed by atoms with E-state index in [4.69, 9.17) is 4.74 Å². The van der Waals surface area contributed by atoms with Gasteiger partial charge in [-0.05, 0) is 48.0 Å². The van der Waals surface area contributed by atoms with Crippen molar-refractivity contribution in [1.82, 2.24) is 19.1 Å². The molecule has 194 valence electrons. The minimum atomic E-state index is -4.94. The fraction of sp³-hybridized carbons (Fsp3) is 0.154. The highest BCUT2D eigenvalue weighted by molar-refractivity contribution is 6.04. The van der Waals surface area contributed by atoms with Crippen LogP contribution in [-0.2, 0) is 22.8 Å². The number of aromatic nitrogens is 4. The fourth-order valence-electron chi connectivity index (χ4n) is 4.23.